The monoisotopic (exact) mass is 302 g/mol. The lowest BCUT2D eigenvalue weighted by Crippen LogP contribution is -2.39. The lowest BCUT2D eigenvalue weighted by Gasteiger charge is -2.24. The van der Waals surface area contributed by atoms with Gasteiger partial charge >= 0.3 is 0 Å². The molecule has 22 heavy (non-hydrogen) atoms. The number of nitrogens with one attached hydrogen (secondary N) is 2. The molecule has 4 nitrogen and oxygen atoms in total. The molecule has 0 amide bonds. The standard InChI is InChI=1S/C17H23FN4/c1-22(2)16(12-3-4-12)11-19-9-14-10-20-21-17(14)13-5-7-15(18)8-6-13/h5-8,10,12,16,19H,3-4,9,11H2,1-2H3,(H,20,21). The zero-order valence-electron chi connectivity index (χ0n) is 13.1. The van der Waals surface area contributed by atoms with Gasteiger partial charge in [0.1, 0.15) is 5.82 Å². The van der Waals surface area contributed by atoms with Crippen molar-refractivity contribution in [2.24, 2.45) is 5.92 Å². The summed E-state index contributed by atoms with van der Waals surface area (Å²) in [7, 11) is 4.29. The number of hydrogen-bond acceptors (Lipinski definition) is 3. The molecule has 5 heteroatoms. The van der Waals surface area contributed by atoms with Gasteiger partial charge in [0.2, 0.25) is 0 Å². The van der Waals surface area contributed by atoms with Gasteiger partial charge < -0.3 is 10.2 Å². The first-order valence-corrected chi connectivity index (χ1v) is 7.80. The van der Waals surface area contributed by atoms with Gasteiger partial charge in [-0.1, -0.05) is 0 Å². The van der Waals surface area contributed by atoms with Crippen LogP contribution >= 0.6 is 0 Å². The van der Waals surface area contributed by atoms with Gasteiger partial charge in [-0.15, -0.1) is 0 Å². The fraction of sp³-hybridized carbons (Fsp3) is 0.471. The molecule has 1 aromatic heterocycles. The van der Waals surface area contributed by atoms with E-state index in [-0.39, 0.29) is 5.82 Å². The van der Waals surface area contributed by atoms with Crippen molar-refractivity contribution in [3.05, 3.63) is 41.8 Å². The van der Waals surface area contributed by atoms with E-state index in [0.717, 1.165) is 35.8 Å². The maximum absolute atomic E-state index is 13.0. The molecule has 1 aromatic carbocycles. The number of H-pyrrole nitrogens is 1. The first-order valence-electron chi connectivity index (χ1n) is 7.80. The van der Waals surface area contributed by atoms with E-state index >= 15 is 0 Å². The number of hydrogen-bond donors (Lipinski definition) is 2. The number of aromatic nitrogens is 2. The minimum absolute atomic E-state index is 0.221. The molecule has 2 N–H and O–H groups in total. The summed E-state index contributed by atoms with van der Waals surface area (Å²) in [5, 5.41) is 10.7. The van der Waals surface area contributed by atoms with E-state index in [1.807, 2.05) is 6.20 Å². The molecule has 1 heterocycles. The van der Waals surface area contributed by atoms with Crippen molar-refractivity contribution in [1.29, 1.82) is 0 Å². The predicted octanol–water partition coefficient (Wildman–Crippen LogP) is 2.65. The first kappa shape index (κ1) is 15.2. The van der Waals surface area contributed by atoms with Crippen LogP contribution in [0.25, 0.3) is 11.3 Å². The topological polar surface area (TPSA) is 44.0 Å². The highest BCUT2D eigenvalue weighted by Crippen LogP contribution is 2.34. The zero-order chi connectivity index (χ0) is 15.5. The van der Waals surface area contributed by atoms with Crippen LogP contribution in [0.4, 0.5) is 4.39 Å². The van der Waals surface area contributed by atoms with Crippen LogP contribution in [0.15, 0.2) is 30.5 Å². The molecular weight excluding hydrogens is 279 g/mol. The van der Waals surface area contributed by atoms with E-state index in [2.05, 4.69) is 34.5 Å². The molecule has 0 spiro atoms. The van der Waals surface area contributed by atoms with E-state index in [1.54, 1.807) is 12.1 Å². The largest absolute Gasteiger partial charge is 0.311 e. The molecule has 1 aliphatic rings. The molecule has 1 atom stereocenters. The van der Waals surface area contributed by atoms with Crippen molar-refractivity contribution < 1.29 is 4.39 Å². The van der Waals surface area contributed by atoms with Gasteiger partial charge in [0, 0.05) is 30.3 Å². The van der Waals surface area contributed by atoms with Crippen LogP contribution in [0, 0.1) is 11.7 Å². The second-order valence-electron chi connectivity index (χ2n) is 6.28. The van der Waals surface area contributed by atoms with E-state index in [9.17, 15) is 4.39 Å². The van der Waals surface area contributed by atoms with Crippen LogP contribution in [0.1, 0.15) is 18.4 Å². The van der Waals surface area contributed by atoms with Crippen LogP contribution in [0.2, 0.25) is 0 Å². The Hall–Kier alpha value is -1.72. The maximum atomic E-state index is 13.0. The van der Waals surface area contributed by atoms with E-state index < -0.39 is 0 Å². The number of rotatable bonds is 7. The summed E-state index contributed by atoms with van der Waals surface area (Å²) in [6, 6.07) is 7.10. The van der Waals surface area contributed by atoms with Crippen molar-refractivity contribution in [1.82, 2.24) is 20.4 Å². The van der Waals surface area contributed by atoms with E-state index in [0.29, 0.717) is 6.04 Å². The molecule has 0 radical (unpaired) electrons. The SMILES string of the molecule is CN(C)C(CNCc1cn[nH]c1-c1ccc(F)cc1)C1CC1. The smallest absolute Gasteiger partial charge is 0.123 e. The highest BCUT2D eigenvalue weighted by atomic mass is 19.1. The summed E-state index contributed by atoms with van der Waals surface area (Å²) in [5.74, 6) is 0.615. The predicted molar refractivity (Wildman–Crippen MR) is 85.9 cm³/mol. The van der Waals surface area contributed by atoms with Crippen LogP contribution in [0.3, 0.4) is 0 Å². The Kier molecular flexibility index (Phi) is 4.55. The Morgan fingerprint density at radius 3 is 2.68 bits per heavy atom. The van der Waals surface area contributed by atoms with Gasteiger partial charge in [-0.2, -0.15) is 5.10 Å². The zero-order valence-corrected chi connectivity index (χ0v) is 13.1. The second-order valence-corrected chi connectivity index (χ2v) is 6.28. The maximum Gasteiger partial charge on any atom is 0.123 e. The van der Waals surface area contributed by atoms with E-state index in [4.69, 9.17) is 0 Å². The summed E-state index contributed by atoms with van der Waals surface area (Å²) in [5.41, 5.74) is 3.03. The number of nitrogens with zero attached hydrogens (tertiary/aromatic N) is 2. The number of aromatic amines is 1. The summed E-state index contributed by atoms with van der Waals surface area (Å²) in [6.45, 7) is 1.74. The second kappa shape index (κ2) is 6.58. The summed E-state index contributed by atoms with van der Waals surface area (Å²) < 4.78 is 13.0. The van der Waals surface area contributed by atoms with E-state index in [1.165, 1.54) is 25.0 Å². The number of likely N-dealkylation sites (N-methyl/N-ethyl adjacent to an activating group) is 1. The molecule has 3 rings (SSSR count). The van der Waals surface area contributed by atoms with Crippen LogP contribution in [0.5, 0.6) is 0 Å². The molecule has 2 aromatic rings. The molecule has 0 aliphatic heterocycles. The molecular formula is C17H23FN4. The van der Waals surface area contributed by atoms with Gasteiger partial charge in [-0.05, 0) is 57.1 Å². The molecule has 0 saturated heterocycles. The minimum Gasteiger partial charge on any atom is -0.311 e. The number of halogens is 1. The van der Waals surface area contributed by atoms with Crippen LogP contribution < -0.4 is 5.32 Å². The first-order chi connectivity index (χ1) is 10.6. The lowest BCUT2D eigenvalue weighted by molar-refractivity contribution is 0.255. The Morgan fingerprint density at radius 1 is 1.32 bits per heavy atom. The van der Waals surface area contributed by atoms with Gasteiger partial charge in [0.05, 0.1) is 11.9 Å². The number of benzene rings is 1. The molecule has 0 bridgehead atoms. The normalized spacial score (nSPS) is 16.2. The third-order valence-electron chi connectivity index (χ3n) is 4.35. The van der Waals surface area contributed by atoms with Crippen molar-refractivity contribution in [2.45, 2.75) is 25.4 Å². The molecule has 118 valence electrons. The average molecular weight is 302 g/mol. The molecule has 1 fully saturated rings. The Bertz CT molecular complexity index is 599. The molecule has 1 saturated carbocycles. The Morgan fingerprint density at radius 2 is 2.05 bits per heavy atom. The summed E-state index contributed by atoms with van der Waals surface area (Å²) >= 11 is 0. The van der Waals surface area contributed by atoms with Crippen molar-refractivity contribution in [2.75, 3.05) is 20.6 Å². The summed E-state index contributed by atoms with van der Waals surface area (Å²) in [4.78, 5) is 2.31. The highest BCUT2D eigenvalue weighted by Gasteiger charge is 2.32. The average Bonchev–Trinajstić information content (AvgIpc) is 3.22. The van der Waals surface area contributed by atoms with Gasteiger partial charge in [0.25, 0.3) is 0 Å². The quantitative estimate of drug-likeness (QED) is 0.826. The lowest BCUT2D eigenvalue weighted by atomic mass is 10.1. The molecule has 1 unspecified atom stereocenters. The van der Waals surface area contributed by atoms with Crippen molar-refractivity contribution in [3.63, 3.8) is 0 Å². The van der Waals surface area contributed by atoms with Gasteiger partial charge in [0.15, 0.2) is 0 Å². The fourth-order valence-corrected chi connectivity index (χ4v) is 2.92. The summed E-state index contributed by atoms with van der Waals surface area (Å²) in [6.07, 6.45) is 4.53. The Labute approximate surface area is 130 Å². The van der Waals surface area contributed by atoms with Gasteiger partial charge in [-0.3, -0.25) is 5.10 Å². The highest BCUT2D eigenvalue weighted by molar-refractivity contribution is 5.62. The minimum atomic E-state index is -0.221. The van der Waals surface area contributed by atoms with Crippen LogP contribution in [-0.2, 0) is 6.54 Å². The third-order valence-corrected chi connectivity index (χ3v) is 4.35. The Balaban J connectivity index is 1.61. The fourth-order valence-electron chi connectivity index (χ4n) is 2.92. The van der Waals surface area contributed by atoms with Gasteiger partial charge in [-0.25, -0.2) is 4.39 Å². The molecule has 1 aliphatic carbocycles. The van der Waals surface area contributed by atoms with Crippen molar-refractivity contribution in [3.8, 4) is 11.3 Å². The van der Waals surface area contributed by atoms with Crippen molar-refractivity contribution >= 4 is 0 Å². The van der Waals surface area contributed by atoms with Crippen LogP contribution in [-0.4, -0.2) is 41.8 Å². The third kappa shape index (κ3) is 3.54.